The molecule has 0 aliphatic rings. The van der Waals surface area contributed by atoms with E-state index in [-0.39, 0.29) is 5.75 Å². The third kappa shape index (κ3) is 7.43. The van der Waals surface area contributed by atoms with Crippen molar-refractivity contribution in [2.45, 2.75) is 32.1 Å². The van der Waals surface area contributed by atoms with E-state index in [0.717, 1.165) is 23.6 Å². The summed E-state index contributed by atoms with van der Waals surface area (Å²) in [5, 5.41) is 6.65. The number of rotatable bonds is 7. The number of aliphatic imine (C=N–C) groups is 1. The van der Waals surface area contributed by atoms with Crippen LogP contribution in [-0.2, 0) is 22.1 Å². The van der Waals surface area contributed by atoms with Gasteiger partial charge in [0.2, 0.25) is 0 Å². The van der Waals surface area contributed by atoms with Crippen LogP contribution in [0.2, 0.25) is 0 Å². The molecule has 0 amide bonds. The Morgan fingerprint density at radius 2 is 1.74 bits per heavy atom. The minimum Gasteiger partial charge on any atom is -0.356 e. The van der Waals surface area contributed by atoms with Crippen molar-refractivity contribution in [1.82, 2.24) is 10.6 Å². The van der Waals surface area contributed by atoms with Crippen LogP contribution in [0.4, 0.5) is 0 Å². The second kappa shape index (κ2) is 9.55. The molecule has 2 N–H and O–H groups in total. The second-order valence-electron chi connectivity index (χ2n) is 7.01. The highest BCUT2D eigenvalue weighted by molar-refractivity contribution is 7.89. The molecule has 1 atom stereocenters. The van der Waals surface area contributed by atoms with Gasteiger partial charge in [-0.05, 0) is 29.5 Å². The topological polar surface area (TPSA) is 70.6 Å². The Bertz CT molecular complexity index is 875. The Hall–Kier alpha value is -2.34. The highest BCUT2D eigenvalue weighted by atomic mass is 32.2. The smallest absolute Gasteiger partial charge is 0.191 e. The van der Waals surface area contributed by atoms with Crippen LogP contribution >= 0.6 is 0 Å². The lowest BCUT2D eigenvalue weighted by Gasteiger charge is -2.17. The van der Waals surface area contributed by atoms with Crippen LogP contribution in [0.1, 0.15) is 35.1 Å². The summed E-state index contributed by atoms with van der Waals surface area (Å²) in [5.41, 5.74) is 4.44. The minimum atomic E-state index is -3.01. The zero-order valence-electron chi connectivity index (χ0n) is 16.5. The van der Waals surface area contributed by atoms with Crippen molar-refractivity contribution < 1.29 is 8.42 Å². The van der Waals surface area contributed by atoms with Crippen molar-refractivity contribution in [1.29, 1.82) is 0 Å². The van der Waals surface area contributed by atoms with Gasteiger partial charge in [-0.1, -0.05) is 61.0 Å². The van der Waals surface area contributed by atoms with E-state index in [4.69, 9.17) is 0 Å². The average molecular weight is 388 g/mol. The fraction of sp³-hybridized carbons (Fsp3) is 0.381. The number of hydrogen-bond donors (Lipinski definition) is 2. The van der Waals surface area contributed by atoms with Gasteiger partial charge in [0, 0.05) is 26.4 Å². The third-order valence-corrected chi connectivity index (χ3v) is 5.18. The van der Waals surface area contributed by atoms with Crippen LogP contribution in [0.25, 0.3) is 0 Å². The number of guanidine groups is 1. The lowest BCUT2D eigenvalue weighted by atomic mass is 9.99. The molecule has 0 aromatic heterocycles. The summed E-state index contributed by atoms with van der Waals surface area (Å²) >= 11 is 0. The standard InChI is InChI=1S/C21H29N3O2S/c1-16-6-5-7-20(12-16)17(2)13-23-21(22-3)24-14-18-8-10-19(11-9-18)15-27(4,25)26/h5-12,17H,13-15H2,1-4H3,(H2,22,23,24). The molecule has 146 valence electrons. The van der Waals surface area contributed by atoms with E-state index in [2.05, 4.69) is 53.7 Å². The van der Waals surface area contributed by atoms with Crippen LogP contribution in [0.5, 0.6) is 0 Å². The Morgan fingerprint density at radius 1 is 1.07 bits per heavy atom. The molecule has 0 aliphatic heterocycles. The molecule has 1 unspecified atom stereocenters. The minimum absolute atomic E-state index is 0.0702. The van der Waals surface area contributed by atoms with Gasteiger partial charge in [0.05, 0.1) is 5.75 Å². The first kappa shape index (κ1) is 21.0. The molecule has 0 bridgehead atoms. The number of nitrogens with zero attached hydrogens (tertiary/aromatic N) is 1. The molecular weight excluding hydrogens is 358 g/mol. The zero-order valence-corrected chi connectivity index (χ0v) is 17.3. The maximum Gasteiger partial charge on any atom is 0.191 e. The molecule has 2 aromatic rings. The molecule has 6 heteroatoms. The normalized spacial score (nSPS) is 13.3. The first-order chi connectivity index (χ1) is 12.8. The number of sulfone groups is 1. The summed E-state index contributed by atoms with van der Waals surface area (Å²) in [7, 11) is -1.25. The Labute approximate surface area is 162 Å². The highest BCUT2D eigenvalue weighted by Crippen LogP contribution is 2.15. The van der Waals surface area contributed by atoms with Crippen LogP contribution in [0, 0.1) is 6.92 Å². The van der Waals surface area contributed by atoms with E-state index in [9.17, 15) is 8.42 Å². The van der Waals surface area contributed by atoms with E-state index in [0.29, 0.717) is 12.5 Å². The molecule has 0 saturated carbocycles. The number of aryl methyl sites for hydroxylation is 1. The third-order valence-electron chi connectivity index (χ3n) is 4.32. The van der Waals surface area contributed by atoms with Gasteiger partial charge in [-0.25, -0.2) is 8.42 Å². The van der Waals surface area contributed by atoms with E-state index in [1.807, 2.05) is 24.3 Å². The quantitative estimate of drug-likeness (QED) is 0.566. The number of nitrogens with one attached hydrogen (secondary N) is 2. The predicted molar refractivity (Wildman–Crippen MR) is 113 cm³/mol. The van der Waals surface area contributed by atoms with Crippen molar-refractivity contribution in [3.63, 3.8) is 0 Å². The second-order valence-corrected chi connectivity index (χ2v) is 9.15. The first-order valence-corrected chi connectivity index (χ1v) is 11.1. The van der Waals surface area contributed by atoms with Crippen LogP contribution in [0.3, 0.4) is 0 Å². The van der Waals surface area contributed by atoms with E-state index in [1.54, 1.807) is 7.05 Å². The fourth-order valence-electron chi connectivity index (χ4n) is 2.81. The predicted octanol–water partition coefficient (Wildman–Crippen LogP) is 3.01. The summed E-state index contributed by atoms with van der Waals surface area (Å²) in [6, 6.07) is 16.1. The van der Waals surface area contributed by atoms with Crippen LogP contribution < -0.4 is 10.6 Å². The fourth-order valence-corrected chi connectivity index (χ4v) is 3.60. The van der Waals surface area contributed by atoms with Crippen molar-refractivity contribution in [2.24, 2.45) is 4.99 Å². The van der Waals surface area contributed by atoms with Gasteiger partial charge >= 0.3 is 0 Å². The summed E-state index contributed by atoms with van der Waals surface area (Å²) in [6.07, 6.45) is 1.25. The molecule has 0 heterocycles. The maximum absolute atomic E-state index is 11.4. The van der Waals surface area contributed by atoms with Gasteiger partial charge < -0.3 is 10.6 Å². The zero-order chi connectivity index (χ0) is 19.9. The molecular formula is C21H29N3O2S. The molecule has 0 fully saturated rings. The largest absolute Gasteiger partial charge is 0.356 e. The van der Waals surface area contributed by atoms with Gasteiger partial charge in [0.15, 0.2) is 15.8 Å². The van der Waals surface area contributed by atoms with Gasteiger partial charge in [0.25, 0.3) is 0 Å². The Balaban J connectivity index is 1.85. The Morgan fingerprint density at radius 3 is 2.33 bits per heavy atom. The lowest BCUT2D eigenvalue weighted by molar-refractivity contribution is 0.601. The number of benzene rings is 2. The first-order valence-electron chi connectivity index (χ1n) is 9.03. The molecule has 27 heavy (non-hydrogen) atoms. The SMILES string of the molecule is CN=C(NCc1ccc(CS(C)(=O)=O)cc1)NCC(C)c1cccc(C)c1. The maximum atomic E-state index is 11.4. The van der Waals surface area contributed by atoms with Gasteiger partial charge in [-0.3, -0.25) is 4.99 Å². The lowest BCUT2D eigenvalue weighted by Crippen LogP contribution is -2.38. The van der Waals surface area contributed by atoms with E-state index in [1.165, 1.54) is 17.4 Å². The van der Waals surface area contributed by atoms with Gasteiger partial charge in [0.1, 0.15) is 0 Å². The highest BCUT2D eigenvalue weighted by Gasteiger charge is 2.07. The van der Waals surface area contributed by atoms with Crippen molar-refractivity contribution in [2.75, 3.05) is 19.8 Å². The van der Waals surface area contributed by atoms with Gasteiger partial charge in [-0.15, -0.1) is 0 Å². The molecule has 5 nitrogen and oxygen atoms in total. The molecule has 0 aliphatic carbocycles. The molecule has 0 saturated heterocycles. The van der Waals surface area contributed by atoms with Crippen molar-refractivity contribution >= 4 is 15.8 Å². The summed E-state index contributed by atoms with van der Waals surface area (Å²) in [4.78, 5) is 4.27. The Kier molecular flexibility index (Phi) is 7.42. The van der Waals surface area contributed by atoms with Crippen molar-refractivity contribution in [3.8, 4) is 0 Å². The summed E-state index contributed by atoms with van der Waals surface area (Å²) in [6.45, 7) is 5.70. The average Bonchev–Trinajstić information content (AvgIpc) is 2.61. The molecule has 2 rings (SSSR count). The molecule has 0 radical (unpaired) electrons. The van der Waals surface area contributed by atoms with Gasteiger partial charge in [-0.2, -0.15) is 0 Å². The van der Waals surface area contributed by atoms with E-state index < -0.39 is 9.84 Å². The summed E-state index contributed by atoms with van der Waals surface area (Å²) in [5.74, 6) is 1.19. The molecule has 2 aromatic carbocycles. The van der Waals surface area contributed by atoms with Crippen LogP contribution in [0.15, 0.2) is 53.5 Å². The van der Waals surface area contributed by atoms with E-state index >= 15 is 0 Å². The molecule has 0 spiro atoms. The summed E-state index contributed by atoms with van der Waals surface area (Å²) < 4.78 is 22.7. The number of hydrogen-bond acceptors (Lipinski definition) is 3. The van der Waals surface area contributed by atoms with Crippen LogP contribution in [-0.4, -0.2) is 34.2 Å². The van der Waals surface area contributed by atoms with Crippen molar-refractivity contribution in [3.05, 3.63) is 70.8 Å². The monoisotopic (exact) mass is 387 g/mol.